The maximum atomic E-state index is 11.4. The number of ether oxygens (including phenoxy) is 2. The number of hydrogen-bond donors (Lipinski definition) is 1. The lowest BCUT2D eigenvalue weighted by Crippen LogP contribution is -2.37. The number of hydrogen-bond acceptors (Lipinski definition) is 5. The van der Waals surface area contributed by atoms with Crippen LogP contribution in [-0.2, 0) is 24.1 Å². The summed E-state index contributed by atoms with van der Waals surface area (Å²) in [6.07, 6.45) is 0.719. The monoisotopic (exact) mass is 278 g/mol. The van der Waals surface area contributed by atoms with Crippen LogP contribution in [0.4, 0.5) is 0 Å². The average Bonchev–Trinajstić information content (AvgIpc) is 2.80. The molecule has 2 aliphatic heterocycles. The molecule has 0 aliphatic carbocycles. The Morgan fingerprint density at radius 3 is 2.78 bits per heavy atom. The first-order valence-corrected chi connectivity index (χ1v) is 7.87. The van der Waals surface area contributed by atoms with Crippen LogP contribution < -0.4 is 0 Å². The van der Waals surface area contributed by atoms with Crippen LogP contribution in [0.25, 0.3) is 0 Å². The van der Waals surface area contributed by atoms with E-state index in [0.29, 0.717) is 19.4 Å². The lowest BCUT2D eigenvalue weighted by Gasteiger charge is -2.29. The van der Waals surface area contributed by atoms with Crippen molar-refractivity contribution in [1.29, 1.82) is 0 Å². The second-order valence-electron chi connectivity index (χ2n) is 5.10. The fraction of sp³-hybridized carbons (Fsp3) is 0.909. The molecular weight excluding hydrogens is 260 g/mol. The lowest BCUT2D eigenvalue weighted by atomic mass is 10.00. The van der Waals surface area contributed by atoms with E-state index >= 15 is 0 Å². The molecule has 0 amide bonds. The number of carboxylic acid groups (broad SMARTS) is 1. The summed E-state index contributed by atoms with van der Waals surface area (Å²) in [6.45, 7) is 2.08. The van der Waals surface area contributed by atoms with Crippen LogP contribution in [0.1, 0.15) is 26.2 Å². The van der Waals surface area contributed by atoms with Crippen LogP contribution in [0.15, 0.2) is 0 Å². The summed E-state index contributed by atoms with van der Waals surface area (Å²) >= 11 is 0. The lowest BCUT2D eigenvalue weighted by molar-refractivity contribution is -0.186. The first-order chi connectivity index (χ1) is 8.31. The van der Waals surface area contributed by atoms with Crippen LogP contribution in [0, 0.1) is 5.92 Å². The van der Waals surface area contributed by atoms with E-state index in [0.717, 1.165) is 0 Å². The van der Waals surface area contributed by atoms with Crippen LogP contribution in [0.5, 0.6) is 0 Å². The van der Waals surface area contributed by atoms with E-state index in [2.05, 4.69) is 0 Å². The van der Waals surface area contributed by atoms with E-state index in [1.54, 1.807) is 6.92 Å². The van der Waals surface area contributed by atoms with Crippen LogP contribution in [0.2, 0.25) is 0 Å². The van der Waals surface area contributed by atoms with Gasteiger partial charge in [0.2, 0.25) is 0 Å². The van der Waals surface area contributed by atoms with Gasteiger partial charge in [0.05, 0.1) is 24.2 Å². The zero-order valence-corrected chi connectivity index (χ0v) is 11.1. The van der Waals surface area contributed by atoms with Gasteiger partial charge in [0.25, 0.3) is 0 Å². The van der Waals surface area contributed by atoms with Crippen molar-refractivity contribution in [3.8, 4) is 0 Å². The third kappa shape index (κ3) is 3.02. The summed E-state index contributed by atoms with van der Waals surface area (Å²) in [5.74, 6) is -1.63. The Balaban J connectivity index is 1.92. The smallest absolute Gasteiger partial charge is 0.303 e. The highest BCUT2D eigenvalue weighted by Crippen LogP contribution is 2.38. The summed E-state index contributed by atoms with van der Waals surface area (Å²) in [7, 11) is -2.97. The molecule has 0 saturated carbocycles. The van der Waals surface area contributed by atoms with Gasteiger partial charge in [-0.3, -0.25) is 4.79 Å². The van der Waals surface area contributed by atoms with E-state index < -0.39 is 21.6 Å². The highest BCUT2D eigenvalue weighted by Gasteiger charge is 2.48. The quantitative estimate of drug-likeness (QED) is 0.801. The van der Waals surface area contributed by atoms with Gasteiger partial charge < -0.3 is 14.6 Å². The maximum Gasteiger partial charge on any atom is 0.303 e. The highest BCUT2D eigenvalue weighted by atomic mass is 32.2. The molecule has 18 heavy (non-hydrogen) atoms. The van der Waals surface area contributed by atoms with Crippen molar-refractivity contribution >= 4 is 15.8 Å². The van der Waals surface area contributed by atoms with E-state index in [-0.39, 0.29) is 29.9 Å². The summed E-state index contributed by atoms with van der Waals surface area (Å²) in [5.41, 5.74) is 0. The summed E-state index contributed by atoms with van der Waals surface area (Å²) in [6, 6.07) is 0. The number of rotatable bonds is 4. The Kier molecular flexibility index (Phi) is 3.66. The molecule has 3 atom stereocenters. The number of carbonyl (C=O) groups is 1. The van der Waals surface area contributed by atoms with Crippen molar-refractivity contribution in [3.63, 3.8) is 0 Å². The van der Waals surface area contributed by atoms with Gasteiger partial charge in [-0.1, -0.05) is 0 Å². The second kappa shape index (κ2) is 4.79. The minimum absolute atomic E-state index is 0.0348. The SMILES string of the molecule is CC1(C2CCS(=O)(=O)C2)OCC(CCC(=O)O)O1. The largest absolute Gasteiger partial charge is 0.481 e. The van der Waals surface area contributed by atoms with Crippen LogP contribution in [0.3, 0.4) is 0 Å². The van der Waals surface area contributed by atoms with Crippen molar-refractivity contribution in [1.82, 2.24) is 0 Å². The van der Waals surface area contributed by atoms with E-state index in [4.69, 9.17) is 14.6 Å². The second-order valence-corrected chi connectivity index (χ2v) is 7.33. The third-order valence-electron chi connectivity index (χ3n) is 3.61. The predicted octanol–water partition coefficient (Wildman–Crippen LogP) is 0.417. The topological polar surface area (TPSA) is 89.9 Å². The summed E-state index contributed by atoms with van der Waals surface area (Å²) in [5, 5.41) is 8.61. The molecule has 2 rings (SSSR count). The minimum atomic E-state index is -2.97. The van der Waals surface area contributed by atoms with E-state index in [1.165, 1.54) is 0 Å². The highest BCUT2D eigenvalue weighted by molar-refractivity contribution is 7.91. The van der Waals surface area contributed by atoms with Gasteiger partial charge >= 0.3 is 5.97 Å². The molecule has 2 fully saturated rings. The Morgan fingerprint density at radius 2 is 2.22 bits per heavy atom. The van der Waals surface area contributed by atoms with Crippen LogP contribution in [-0.4, -0.2) is 49.5 Å². The van der Waals surface area contributed by atoms with Gasteiger partial charge in [-0.25, -0.2) is 8.42 Å². The number of aliphatic carboxylic acids is 1. The molecule has 0 spiro atoms. The fourth-order valence-electron chi connectivity index (χ4n) is 2.51. The third-order valence-corrected chi connectivity index (χ3v) is 5.38. The zero-order chi connectivity index (χ0) is 13.4. The molecule has 2 heterocycles. The van der Waals surface area contributed by atoms with Crippen molar-refractivity contribution in [3.05, 3.63) is 0 Å². The molecule has 0 aromatic carbocycles. The van der Waals surface area contributed by atoms with Crippen molar-refractivity contribution in [2.24, 2.45) is 5.92 Å². The van der Waals surface area contributed by atoms with Gasteiger partial charge in [0.15, 0.2) is 15.6 Å². The molecule has 0 aromatic heterocycles. The van der Waals surface area contributed by atoms with Gasteiger partial charge in [-0.05, 0) is 19.8 Å². The molecule has 0 radical (unpaired) electrons. The first-order valence-electron chi connectivity index (χ1n) is 6.05. The summed E-state index contributed by atoms with van der Waals surface area (Å²) < 4.78 is 34.2. The van der Waals surface area contributed by atoms with E-state index in [1.807, 2.05) is 0 Å². The fourth-order valence-corrected chi connectivity index (χ4v) is 4.40. The number of carboxylic acids is 1. The molecule has 1 N–H and O–H groups in total. The van der Waals surface area contributed by atoms with Crippen LogP contribution >= 0.6 is 0 Å². The molecule has 2 aliphatic rings. The Hall–Kier alpha value is -0.660. The maximum absolute atomic E-state index is 11.4. The van der Waals surface area contributed by atoms with Crippen molar-refractivity contribution in [2.75, 3.05) is 18.1 Å². The summed E-state index contributed by atoms with van der Waals surface area (Å²) in [4.78, 5) is 10.5. The molecular formula is C11H18O6S. The Labute approximate surface area is 106 Å². The molecule has 7 heteroatoms. The Bertz CT molecular complexity index is 431. The van der Waals surface area contributed by atoms with Gasteiger partial charge in [0, 0.05) is 12.3 Å². The molecule has 2 saturated heterocycles. The first kappa shape index (κ1) is 13.8. The zero-order valence-electron chi connectivity index (χ0n) is 10.3. The normalized spacial score (nSPS) is 38.9. The Morgan fingerprint density at radius 1 is 1.50 bits per heavy atom. The van der Waals surface area contributed by atoms with Crippen molar-refractivity contribution in [2.45, 2.75) is 38.1 Å². The molecule has 3 unspecified atom stereocenters. The molecule has 0 bridgehead atoms. The molecule has 6 nitrogen and oxygen atoms in total. The molecule has 104 valence electrons. The van der Waals surface area contributed by atoms with Gasteiger partial charge in [-0.15, -0.1) is 0 Å². The van der Waals surface area contributed by atoms with Gasteiger partial charge in [0.1, 0.15) is 0 Å². The minimum Gasteiger partial charge on any atom is -0.481 e. The van der Waals surface area contributed by atoms with E-state index in [9.17, 15) is 13.2 Å². The standard InChI is InChI=1S/C11H18O6S/c1-11(8-4-5-18(14,15)7-8)16-6-9(17-11)2-3-10(12)13/h8-9H,2-7H2,1H3,(H,12,13). The van der Waals surface area contributed by atoms with Crippen molar-refractivity contribution < 1.29 is 27.8 Å². The molecule has 0 aromatic rings. The average molecular weight is 278 g/mol. The predicted molar refractivity (Wildman–Crippen MR) is 62.9 cm³/mol. The van der Waals surface area contributed by atoms with Gasteiger partial charge in [-0.2, -0.15) is 0 Å². The number of sulfone groups is 1.